The van der Waals surface area contributed by atoms with Crippen LogP contribution in [-0.4, -0.2) is 31.4 Å². The molecule has 5 nitrogen and oxygen atoms in total. The van der Waals surface area contributed by atoms with E-state index in [2.05, 4.69) is 10.2 Å². The van der Waals surface area contributed by atoms with Gasteiger partial charge in [0.1, 0.15) is 11.6 Å². The van der Waals surface area contributed by atoms with Crippen molar-refractivity contribution >= 4 is 28.9 Å². The second kappa shape index (κ2) is 7.58. The molecule has 28 heavy (non-hydrogen) atoms. The summed E-state index contributed by atoms with van der Waals surface area (Å²) in [5.41, 5.74) is 1.79. The maximum Gasteiger partial charge on any atom is 0.229 e. The molecule has 0 bridgehead atoms. The predicted octanol–water partition coefficient (Wildman–Crippen LogP) is 3.56. The molecule has 2 aliphatic heterocycles. The summed E-state index contributed by atoms with van der Waals surface area (Å²) in [7, 11) is 0. The van der Waals surface area contributed by atoms with E-state index < -0.39 is 23.5 Å². The largest absolute Gasteiger partial charge is 0.372 e. The molecule has 2 amide bonds. The zero-order valence-corrected chi connectivity index (χ0v) is 15.3. The lowest BCUT2D eigenvalue weighted by molar-refractivity contribution is -0.122. The smallest absolute Gasteiger partial charge is 0.229 e. The Kier molecular flexibility index (Phi) is 4.98. The highest BCUT2D eigenvalue weighted by atomic mass is 19.1. The Bertz CT molecular complexity index is 895. The third-order valence-corrected chi connectivity index (χ3v) is 5.32. The van der Waals surface area contributed by atoms with Gasteiger partial charge in [-0.05, 0) is 49.2 Å². The van der Waals surface area contributed by atoms with Crippen molar-refractivity contribution in [2.75, 3.05) is 34.8 Å². The maximum absolute atomic E-state index is 13.7. The van der Waals surface area contributed by atoms with E-state index in [1.807, 2.05) is 24.3 Å². The molecule has 1 atom stereocenters. The van der Waals surface area contributed by atoms with E-state index in [0.29, 0.717) is 6.07 Å². The minimum absolute atomic E-state index is 0.0581. The molecule has 2 saturated heterocycles. The van der Waals surface area contributed by atoms with Gasteiger partial charge in [-0.3, -0.25) is 9.59 Å². The Balaban J connectivity index is 1.42. The zero-order valence-electron chi connectivity index (χ0n) is 15.3. The number of benzene rings is 2. The third kappa shape index (κ3) is 3.69. The van der Waals surface area contributed by atoms with E-state index in [4.69, 9.17) is 0 Å². The van der Waals surface area contributed by atoms with Crippen molar-refractivity contribution < 1.29 is 18.4 Å². The average molecular weight is 385 g/mol. The molecule has 4 rings (SSSR count). The van der Waals surface area contributed by atoms with Gasteiger partial charge in [0.25, 0.3) is 0 Å². The monoisotopic (exact) mass is 385 g/mol. The summed E-state index contributed by atoms with van der Waals surface area (Å²) in [5, 5.41) is 2.45. The minimum atomic E-state index is -0.841. The number of nitrogens with one attached hydrogen (secondary N) is 1. The van der Waals surface area contributed by atoms with Gasteiger partial charge >= 0.3 is 0 Å². The highest BCUT2D eigenvalue weighted by Gasteiger charge is 2.35. The normalized spacial score (nSPS) is 19.4. The van der Waals surface area contributed by atoms with Crippen LogP contribution in [0.1, 0.15) is 19.3 Å². The quantitative estimate of drug-likeness (QED) is 0.876. The fourth-order valence-corrected chi connectivity index (χ4v) is 3.78. The maximum atomic E-state index is 13.7. The van der Waals surface area contributed by atoms with Crippen LogP contribution < -0.4 is 15.1 Å². The molecule has 2 fully saturated rings. The fraction of sp³-hybridized carbons (Fsp3) is 0.333. The number of hydrogen-bond donors (Lipinski definition) is 1. The van der Waals surface area contributed by atoms with Crippen LogP contribution in [0, 0.1) is 17.6 Å². The number of carbonyl (C=O) groups excluding carboxylic acids is 2. The summed E-state index contributed by atoms with van der Waals surface area (Å²) in [5.74, 6) is -2.74. The second-order valence-corrected chi connectivity index (χ2v) is 7.23. The molecule has 2 heterocycles. The molecule has 2 aliphatic rings. The predicted molar refractivity (Wildman–Crippen MR) is 103 cm³/mol. The standard InChI is InChI=1S/C21H21F2N3O2/c22-15-3-8-19(18(23)12-15)24-21(28)14-11-20(27)26(13-14)17-6-4-16(5-7-17)25-9-1-2-10-25/h3-8,12,14H,1-2,9-11,13H2,(H,24,28). The van der Waals surface area contributed by atoms with E-state index in [9.17, 15) is 18.4 Å². The van der Waals surface area contributed by atoms with E-state index >= 15 is 0 Å². The number of amides is 2. The van der Waals surface area contributed by atoms with Crippen molar-refractivity contribution in [3.8, 4) is 0 Å². The Morgan fingerprint density at radius 2 is 1.68 bits per heavy atom. The van der Waals surface area contributed by atoms with Gasteiger partial charge in [-0.15, -0.1) is 0 Å². The Morgan fingerprint density at radius 3 is 2.36 bits per heavy atom. The summed E-state index contributed by atoms with van der Waals surface area (Å²) in [6.07, 6.45) is 2.44. The summed E-state index contributed by atoms with van der Waals surface area (Å²) in [6, 6.07) is 10.7. The summed E-state index contributed by atoms with van der Waals surface area (Å²) in [4.78, 5) is 28.7. The topological polar surface area (TPSA) is 52.7 Å². The second-order valence-electron chi connectivity index (χ2n) is 7.23. The van der Waals surface area contributed by atoms with Crippen LogP contribution in [0.15, 0.2) is 42.5 Å². The first-order valence-electron chi connectivity index (χ1n) is 9.42. The molecule has 2 aromatic carbocycles. The number of nitrogens with zero attached hydrogens (tertiary/aromatic N) is 2. The van der Waals surface area contributed by atoms with Crippen molar-refractivity contribution in [3.63, 3.8) is 0 Å². The van der Waals surface area contributed by atoms with Crippen molar-refractivity contribution in [1.82, 2.24) is 0 Å². The number of carbonyl (C=O) groups is 2. The third-order valence-electron chi connectivity index (χ3n) is 5.32. The van der Waals surface area contributed by atoms with Gasteiger partial charge in [0.05, 0.1) is 11.6 Å². The van der Waals surface area contributed by atoms with E-state index in [0.717, 1.165) is 30.5 Å². The first-order valence-corrected chi connectivity index (χ1v) is 9.42. The Labute approximate surface area is 161 Å². The van der Waals surface area contributed by atoms with Gasteiger partial charge in [0, 0.05) is 43.5 Å². The van der Waals surface area contributed by atoms with Crippen molar-refractivity contribution in [2.45, 2.75) is 19.3 Å². The van der Waals surface area contributed by atoms with Crippen LogP contribution in [0.4, 0.5) is 25.8 Å². The van der Waals surface area contributed by atoms with Gasteiger partial charge in [-0.25, -0.2) is 8.78 Å². The molecular formula is C21H21F2N3O2. The van der Waals surface area contributed by atoms with Crippen LogP contribution in [-0.2, 0) is 9.59 Å². The van der Waals surface area contributed by atoms with Crippen molar-refractivity contribution in [3.05, 3.63) is 54.1 Å². The van der Waals surface area contributed by atoms with Crippen molar-refractivity contribution in [2.24, 2.45) is 5.92 Å². The van der Waals surface area contributed by atoms with Crippen molar-refractivity contribution in [1.29, 1.82) is 0 Å². The molecule has 1 N–H and O–H groups in total. The molecule has 1 unspecified atom stereocenters. The number of rotatable bonds is 4. The fourth-order valence-electron chi connectivity index (χ4n) is 3.78. The lowest BCUT2D eigenvalue weighted by atomic mass is 10.1. The number of hydrogen-bond acceptors (Lipinski definition) is 3. The number of anilines is 3. The molecular weight excluding hydrogens is 364 g/mol. The molecule has 0 aromatic heterocycles. The van der Waals surface area contributed by atoms with Gasteiger partial charge in [0.15, 0.2) is 0 Å². The van der Waals surface area contributed by atoms with E-state index in [1.165, 1.54) is 18.9 Å². The Hall–Kier alpha value is -2.96. The van der Waals surface area contributed by atoms with Gasteiger partial charge in [-0.1, -0.05) is 0 Å². The van der Waals surface area contributed by atoms with Crippen LogP contribution in [0.25, 0.3) is 0 Å². The molecule has 2 aromatic rings. The molecule has 0 spiro atoms. The SMILES string of the molecule is O=C(Nc1ccc(F)cc1F)C1CC(=O)N(c2ccc(N3CCCC3)cc2)C1. The molecule has 7 heteroatoms. The van der Waals surface area contributed by atoms with Crippen LogP contribution in [0.3, 0.4) is 0 Å². The van der Waals surface area contributed by atoms with Gasteiger partial charge in [0.2, 0.25) is 11.8 Å². The average Bonchev–Trinajstić information content (AvgIpc) is 3.34. The van der Waals surface area contributed by atoms with Crippen LogP contribution in [0.5, 0.6) is 0 Å². The first-order chi connectivity index (χ1) is 13.5. The summed E-state index contributed by atoms with van der Waals surface area (Å²) in [6.45, 7) is 2.32. The Morgan fingerprint density at radius 1 is 1.00 bits per heavy atom. The molecule has 146 valence electrons. The number of halogens is 2. The highest BCUT2D eigenvalue weighted by molar-refractivity contribution is 6.03. The first kappa shape index (κ1) is 18.4. The van der Waals surface area contributed by atoms with Gasteiger partial charge in [-0.2, -0.15) is 0 Å². The zero-order chi connectivity index (χ0) is 19.7. The van der Waals surface area contributed by atoms with Crippen LogP contribution >= 0.6 is 0 Å². The summed E-state index contributed by atoms with van der Waals surface area (Å²) >= 11 is 0. The van der Waals surface area contributed by atoms with E-state index in [1.54, 1.807) is 4.90 Å². The summed E-state index contributed by atoms with van der Waals surface area (Å²) < 4.78 is 26.7. The molecule has 0 saturated carbocycles. The minimum Gasteiger partial charge on any atom is -0.372 e. The van der Waals surface area contributed by atoms with E-state index in [-0.39, 0.29) is 24.6 Å². The highest BCUT2D eigenvalue weighted by Crippen LogP contribution is 2.29. The van der Waals surface area contributed by atoms with Gasteiger partial charge < -0.3 is 15.1 Å². The lowest BCUT2D eigenvalue weighted by Gasteiger charge is -2.20. The lowest BCUT2D eigenvalue weighted by Crippen LogP contribution is -2.28. The molecule has 0 radical (unpaired) electrons. The molecule has 0 aliphatic carbocycles. The van der Waals surface area contributed by atoms with Crippen LogP contribution in [0.2, 0.25) is 0 Å².